The van der Waals surface area contributed by atoms with Gasteiger partial charge in [0.15, 0.2) is 0 Å². The molecule has 0 N–H and O–H groups in total. The summed E-state index contributed by atoms with van der Waals surface area (Å²) in [6.45, 7) is 7.36. The Balaban J connectivity index is 1.77. The molecule has 3 rings (SSSR count). The van der Waals surface area contributed by atoms with Crippen molar-refractivity contribution in [3.05, 3.63) is 51.2 Å². The van der Waals surface area contributed by atoms with Crippen molar-refractivity contribution >= 4 is 28.8 Å². The van der Waals surface area contributed by atoms with E-state index in [-0.39, 0.29) is 18.4 Å². The van der Waals surface area contributed by atoms with Crippen LogP contribution in [0.15, 0.2) is 29.6 Å². The van der Waals surface area contributed by atoms with Gasteiger partial charge in [0.1, 0.15) is 6.54 Å². The van der Waals surface area contributed by atoms with E-state index in [1.165, 1.54) is 4.88 Å². The number of para-hydroxylation sites is 1. The fourth-order valence-electron chi connectivity index (χ4n) is 3.24. The van der Waals surface area contributed by atoms with Crippen molar-refractivity contribution in [2.75, 3.05) is 24.5 Å². The summed E-state index contributed by atoms with van der Waals surface area (Å²) >= 11 is 1.61. The van der Waals surface area contributed by atoms with Crippen LogP contribution < -0.4 is 4.90 Å². The van der Waals surface area contributed by atoms with Gasteiger partial charge in [0.25, 0.3) is 5.91 Å². The fourth-order valence-corrected chi connectivity index (χ4v) is 4.17. The van der Waals surface area contributed by atoms with Crippen LogP contribution in [0.2, 0.25) is 0 Å². The van der Waals surface area contributed by atoms with Crippen molar-refractivity contribution in [1.82, 2.24) is 4.90 Å². The number of carbonyl (C=O) groups is 2. The molecule has 0 atom stereocenters. The largest absolute Gasteiger partial charge is 0.327 e. The molecule has 1 aromatic heterocycles. The molecule has 2 amide bonds. The molecule has 0 radical (unpaired) electrons. The summed E-state index contributed by atoms with van der Waals surface area (Å²) in [4.78, 5) is 30.1. The average molecular weight is 342 g/mol. The highest BCUT2D eigenvalue weighted by Crippen LogP contribution is 2.26. The van der Waals surface area contributed by atoms with Crippen molar-refractivity contribution in [3.8, 4) is 0 Å². The number of nitrogens with zero attached hydrogens (tertiary/aromatic N) is 2. The Morgan fingerprint density at radius 1 is 1.21 bits per heavy atom. The number of aryl methyl sites for hydroxylation is 2. The van der Waals surface area contributed by atoms with Crippen LogP contribution in [0.5, 0.6) is 0 Å². The number of rotatable bonds is 3. The molecule has 2 heterocycles. The van der Waals surface area contributed by atoms with Crippen LogP contribution >= 0.6 is 11.3 Å². The summed E-state index contributed by atoms with van der Waals surface area (Å²) in [7, 11) is 0. The zero-order valence-corrected chi connectivity index (χ0v) is 15.2. The van der Waals surface area contributed by atoms with Crippen LogP contribution in [0.3, 0.4) is 0 Å². The first kappa shape index (κ1) is 16.7. The van der Waals surface area contributed by atoms with E-state index < -0.39 is 0 Å². The number of hydrogen-bond donors (Lipinski definition) is 0. The number of piperazine rings is 1. The second-order valence-electron chi connectivity index (χ2n) is 6.10. The molecule has 1 aliphatic rings. The van der Waals surface area contributed by atoms with Gasteiger partial charge >= 0.3 is 0 Å². The zero-order valence-electron chi connectivity index (χ0n) is 14.3. The van der Waals surface area contributed by atoms with Gasteiger partial charge in [-0.05, 0) is 37.5 Å². The van der Waals surface area contributed by atoms with Gasteiger partial charge in [-0.2, -0.15) is 0 Å². The van der Waals surface area contributed by atoms with E-state index in [9.17, 15) is 9.59 Å². The van der Waals surface area contributed by atoms with E-state index in [0.29, 0.717) is 13.1 Å². The number of benzene rings is 1. The highest BCUT2D eigenvalue weighted by Gasteiger charge is 2.30. The number of thiophene rings is 1. The Morgan fingerprint density at radius 3 is 2.62 bits per heavy atom. The second-order valence-corrected chi connectivity index (χ2v) is 7.18. The molecule has 24 heavy (non-hydrogen) atoms. The number of carbonyl (C=O) groups excluding carboxylic acids is 2. The number of hydrogen-bond acceptors (Lipinski definition) is 3. The predicted molar refractivity (Wildman–Crippen MR) is 97.9 cm³/mol. The minimum Gasteiger partial charge on any atom is -0.327 e. The number of anilines is 1. The molecule has 1 aromatic carbocycles. The molecular weight excluding hydrogens is 320 g/mol. The lowest BCUT2D eigenvalue weighted by molar-refractivity contribution is -0.120. The third-order valence-corrected chi connectivity index (χ3v) is 5.56. The Morgan fingerprint density at radius 2 is 1.96 bits per heavy atom. The van der Waals surface area contributed by atoms with Gasteiger partial charge in [-0.3, -0.25) is 9.59 Å². The summed E-state index contributed by atoms with van der Waals surface area (Å²) in [5.41, 5.74) is 3.89. The standard InChI is InChI=1S/C19H22N2O2S/c1-4-15-14(3)24-12-16(15)19(23)20-9-10-21(18(22)11-20)17-8-6-5-7-13(17)2/h5-8,12H,4,9-11H2,1-3H3. The first-order chi connectivity index (χ1) is 11.5. The van der Waals surface area contributed by atoms with Crippen molar-refractivity contribution in [3.63, 3.8) is 0 Å². The molecule has 0 bridgehead atoms. The van der Waals surface area contributed by atoms with E-state index in [1.807, 2.05) is 43.5 Å². The lowest BCUT2D eigenvalue weighted by Crippen LogP contribution is -2.52. The van der Waals surface area contributed by atoms with Crippen LogP contribution in [0, 0.1) is 13.8 Å². The average Bonchev–Trinajstić information content (AvgIpc) is 2.95. The van der Waals surface area contributed by atoms with Crippen molar-refractivity contribution in [2.45, 2.75) is 27.2 Å². The Labute approximate surface area is 146 Å². The molecule has 1 fully saturated rings. The molecule has 5 heteroatoms. The van der Waals surface area contributed by atoms with E-state index in [4.69, 9.17) is 0 Å². The van der Waals surface area contributed by atoms with Gasteiger partial charge in [-0.25, -0.2) is 0 Å². The minimum atomic E-state index is -0.0195. The molecule has 126 valence electrons. The third kappa shape index (κ3) is 2.96. The lowest BCUT2D eigenvalue weighted by atomic mass is 10.1. The van der Waals surface area contributed by atoms with Gasteiger partial charge < -0.3 is 9.80 Å². The van der Waals surface area contributed by atoms with Gasteiger partial charge in [0.2, 0.25) is 5.91 Å². The van der Waals surface area contributed by atoms with E-state index in [0.717, 1.165) is 28.8 Å². The van der Waals surface area contributed by atoms with Crippen molar-refractivity contribution in [2.24, 2.45) is 0 Å². The Bertz CT molecular complexity index is 781. The molecule has 4 nitrogen and oxygen atoms in total. The summed E-state index contributed by atoms with van der Waals surface area (Å²) in [5, 5.41) is 1.93. The quantitative estimate of drug-likeness (QED) is 0.857. The summed E-state index contributed by atoms with van der Waals surface area (Å²) < 4.78 is 0. The molecule has 0 saturated carbocycles. The lowest BCUT2D eigenvalue weighted by Gasteiger charge is -2.35. The zero-order chi connectivity index (χ0) is 17.3. The predicted octanol–water partition coefficient (Wildman–Crippen LogP) is 3.42. The molecule has 0 spiro atoms. The maximum absolute atomic E-state index is 12.8. The maximum atomic E-state index is 12.8. The summed E-state index contributed by atoms with van der Waals surface area (Å²) in [6.07, 6.45) is 0.841. The maximum Gasteiger partial charge on any atom is 0.255 e. The van der Waals surface area contributed by atoms with Gasteiger partial charge in [0.05, 0.1) is 5.56 Å². The molecule has 1 saturated heterocycles. The van der Waals surface area contributed by atoms with E-state index in [1.54, 1.807) is 21.1 Å². The monoisotopic (exact) mass is 342 g/mol. The van der Waals surface area contributed by atoms with Crippen LogP contribution in [0.25, 0.3) is 0 Å². The Hall–Kier alpha value is -2.14. The third-order valence-electron chi connectivity index (χ3n) is 4.60. The van der Waals surface area contributed by atoms with Gasteiger partial charge in [-0.1, -0.05) is 25.1 Å². The summed E-state index contributed by atoms with van der Waals surface area (Å²) in [5.74, 6) is -0.0390. The summed E-state index contributed by atoms with van der Waals surface area (Å²) in [6, 6.07) is 7.87. The molecule has 0 unspecified atom stereocenters. The van der Waals surface area contributed by atoms with Crippen LogP contribution in [-0.4, -0.2) is 36.3 Å². The molecular formula is C19H22N2O2S. The molecule has 1 aliphatic heterocycles. The van der Waals surface area contributed by atoms with E-state index >= 15 is 0 Å². The first-order valence-electron chi connectivity index (χ1n) is 8.25. The van der Waals surface area contributed by atoms with Crippen LogP contribution in [-0.2, 0) is 11.2 Å². The van der Waals surface area contributed by atoms with Gasteiger partial charge in [0, 0.05) is 29.0 Å². The second kappa shape index (κ2) is 6.77. The smallest absolute Gasteiger partial charge is 0.255 e. The van der Waals surface area contributed by atoms with Crippen LogP contribution in [0.1, 0.15) is 33.3 Å². The highest BCUT2D eigenvalue weighted by atomic mass is 32.1. The minimum absolute atomic E-state index is 0.0195. The number of amides is 2. The van der Waals surface area contributed by atoms with E-state index in [2.05, 4.69) is 6.92 Å². The van der Waals surface area contributed by atoms with Crippen molar-refractivity contribution < 1.29 is 9.59 Å². The van der Waals surface area contributed by atoms with Crippen molar-refractivity contribution in [1.29, 1.82) is 0 Å². The highest BCUT2D eigenvalue weighted by molar-refractivity contribution is 7.10. The van der Waals surface area contributed by atoms with Gasteiger partial charge in [-0.15, -0.1) is 11.3 Å². The SMILES string of the molecule is CCc1c(C(=O)N2CCN(c3ccccc3C)C(=O)C2)csc1C. The first-order valence-corrected chi connectivity index (χ1v) is 9.13. The fraction of sp³-hybridized carbons (Fsp3) is 0.368. The van der Waals surface area contributed by atoms with Crippen LogP contribution in [0.4, 0.5) is 5.69 Å². The Kier molecular flexibility index (Phi) is 4.71. The molecule has 0 aliphatic carbocycles. The molecule has 2 aromatic rings. The topological polar surface area (TPSA) is 40.6 Å². The normalized spacial score (nSPS) is 15.0.